The minimum absolute atomic E-state index is 0.369. The van der Waals surface area contributed by atoms with Crippen molar-refractivity contribution >= 4 is 29.5 Å². The Balaban J connectivity index is 1.64. The highest BCUT2D eigenvalue weighted by molar-refractivity contribution is 8.04. The number of aliphatic imine (C=N–C) groups is 1. The van der Waals surface area contributed by atoms with Crippen LogP contribution in [-0.2, 0) is 12.4 Å². The molecule has 2 heterocycles. The molecule has 0 spiro atoms. The largest absolute Gasteiger partial charge is 0.416 e. The van der Waals surface area contributed by atoms with E-state index < -0.39 is 35.1 Å². The summed E-state index contributed by atoms with van der Waals surface area (Å²) in [6, 6.07) is 8.85. The second-order valence-corrected chi connectivity index (χ2v) is 7.86. The van der Waals surface area contributed by atoms with Gasteiger partial charge in [0.05, 0.1) is 23.2 Å². The standard InChI is InChI=1S/C19H15F6N5S/c20-18(21,22)10-1-5-12(6-2-10)29-9-28-16-14(15(29)26)30(17(27)31-16)13-7-3-11(4-8-13)19(23,24)25/h1-9,15,17H,26-27H2. The van der Waals surface area contributed by atoms with E-state index in [-0.39, 0.29) is 0 Å². The summed E-state index contributed by atoms with van der Waals surface area (Å²) in [6.07, 6.45) is -8.43. The lowest BCUT2D eigenvalue weighted by atomic mass is 10.1. The zero-order chi connectivity index (χ0) is 22.6. The minimum atomic E-state index is -4.48. The summed E-state index contributed by atoms with van der Waals surface area (Å²) >= 11 is 1.18. The van der Waals surface area contributed by atoms with Gasteiger partial charge in [0.25, 0.3) is 0 Å². The summed E-state index contributed by atoms with van der Waals surface area (Å²) in [4.78, 5) is 7.33. The minimum Gasteiger partial charge on any atom is -0.314 e. The molecule has 0 aromatic heterocycles. The van der Waals surface area contributed by atoms with Gasteiger partial charge in [-0.05, 0) is 48.5 Å². The number of thioether (sulfide) groups is 1. The first kappa shape index (κ1) is 21.5. The van der Waals surface area contributed by atoms with Crippen molar-refractivity contribution in [3.05, 3.63) is 70.4 Å². The molecule has 2 aromatic carbocycles. The lowest BCUT2D eigenvalue weighted by molar-refractivity contribution is -0.138. The van der Waals surface area contributed by atoms with Crippen molar-refractivity contribution in [2.24, 2.45) is 16.5 Å². The molecule has 4 N–H and O–H groups in total. The van der Waals surface area contributed by atoms with Crippen molar-refractivity contribution in [3.63, 3.8) is 0 Å². The smallest absolute Gasteiger partial charge is 0.314 e. The van der Waals surface area contributed by atoms with E-state index in [1.807, 2.05) is 0 Å². The molecule has 2 unspecified atom stereocenters. The number of alkyl halides is 6. The van der Waals surface area contributed by atoms with E-state index in [1.165, 1.54) is 47.3 Å². The molecular weight excluding hydrogens is 444 g/mol. The van der Waals surface area contributed by atoms with E-state index in [0.29, 0.717) is 22.1 Å². The third kappa shape index (κ3) is 3.98. The molecule has 0 radical (unpaired) electrons. The molecule has 2 aliphatic rings. The highest BCUT2D eigenvalue weighted by Gasteiger charge is 2.40. The maximum Gasteiger partial charge on any atom is 0.416 e. The van der Waals surface area contributed by atoms with Gasteiger partial charge in [-0.1, -0.05) is 11.8 Å². The van der Waals surface area contributed by atoms with Gasteiger partial charge in [-0.2, -0.15) is 26.3 Å². The number of nitrogens with zero attached hydrogens (tertiary/aromatic N) is 3. The molecule has 0 bridgehead atoms. The molecule has 2 aromatic rings. The van der Waals surface area contributed by atoms with Crippen molar-refractivity contribution in [1.29, 1.82) is 0 Å². The molecule has 0 fully saturated rings. The molecule has 12 heteroatoms. The Labute approximate surface area is 177 Å². The number of benzene rings is 2. The zero-order valence-electron chi connectivity index (χ0n) is 15.5. The predicted molar refractivity (Wildman–Crippen MR) is 107 cm³/mol. The van der Waals surface area contributed by atoms with E-state index in [0.717, 1.165) is 24.3 Å². The average molecular weight is 459 g/mol. The molecule has 0 saturated heterocycles. The van der Waals surface area contributed by atoms with Crippen LogP contribution in [0.4, 0.5) is 37.7 Å². The fraction of sp³-hybridized carbons (Fsp3) is 0.211. The number of halogens is 6. The van der Waals surface area contributed by atoms with Gasteiger partial charge in [0.15, 0.2) is 0 Å². The molecule has 4 rings (SSSR count). The van der Waals surface area contributed by atoms with Crippen LogP contribution < -0.4 is 21.3 Å². The summed E-state index contributed by atoms with van der Waals surface area (Å²) in [5.74, 6) is 0. The van der Waals surface area contributed by atoms with Crippen LogP contribution in [0.25, 0.3) is 0 Å². The number of hydrogen-bond donors (Lipinski definition) is 2. The van der Waals surface area contributed by atoms with Crippen LogP contribution >= 0.6 is 11.8 Å². The normalized spacial score (nSPS) is 21.7. The van der Waals surface area contributed by atoms with Crippen LogP contribution in [0.1, 0.15) is 11.1 Å². The summed E-state index contributed by atoms with van der Waals surface area (Å²) in [5.41, 5.74) is 11.4. The Bertz CT molecular complexity index is 1030. The SMILES string of the molecule is NC1C2=C(N=CN1c1ccc(C(F)(F)F)cc1)SC(N)N2c1ccc(C(F)(F)F)cc1. The van der Waals surface area contributed by atoms with Crippen LogP contribution in [0.5, 0.6) is 0 Å². The van der Waals surface area contributed by atoms with Crippen LogP contribution in [0, 0.1) is 0 Å². The van der Waals surface area contributed by atoms with Gasteiger partial charge in [0.1, 0.15) is 16.7 Å². The van der Waals surface area contributed by atoms with E-state index in [2.05, 4.69) is 4.99 Å². The molecule has 5 nitrogen and oxygen atoms in total. The summed E-state index contributed by atoms with van der Waals surface area (Å²) in [6.45, 7) is 0. The van der Waals surface area contributed by atoms with E-state index >= 15 is 0 Å². The Morgan fingerprint density at radius 1 is 0.774 bits per heavy atom. The number of anilines is 2. The molecule has 164 valence electrons. The van der Waals surface area contributed by atoms with Crippen molar-refractivity contribution in [2.45, 2.75) is 24.0 Å². The maximum absolute atomic E-state index is 12.9. The van der Waals surface area contributed by atoms with Crippen molar-refractivity contribution in [3.8, 4) is 0 Å². The monoisotopic (exact) mass is 459 g/mol. The van der Waals surface area contributed by atoms with Gasteiger partial charge in [-0.25, -0.2) is 4.99 Å². The van der Waals surface area contributed by atoms with Gasteiger partial charge in [-0.15, -0.1) is 0 Å². The Morgan fingerprint density at radius 3 is 1.74 bits per heavy atom. The lowest BCUT2D eigenvalue weighted by Gasteiger charge is -2.35. The second-order valence-electron chi connectivity index (χ2n) is 6.75. The fourth-order valence-electron chi connectivity index (χ4n) is 3.30. The number of nitrogens with two attached hydrogens (primary N) is 2. The third-order valence-electron chi connectivity index (χ3n) is 4.81. The summed E-state index contributed by atoms with van der Waals surface area (Å²) in [5, 5.41) is 0.489. The Hall–Kier alpha value is -2.70. The summed E-state index contributed by atoms with van der Waals surface area (Å²) in [7, 11) is 0. The highest BCUT2D eigenvalue weighted by Crippen LogP contribution is 2.44. The molecule has 0 amide bonds. The molecule has 2 atom stereocenters. The fourth-order valence-corrected chi connectivity index (χ4v) is 4.32. The first-order valence-corrected chi connectivity index (χ1v) is 9.73. The van der Waals surface area contributed by atoms with Crippen molar-refractivity contribution < 1.29 is 26.3 Å². The van der Waals surface area contributed by atoms with Gasteiger partial charge in [0, 0.05) is 11.4 Å². The third-order valence-corrected chi connectivity index (χ3v) is 5.80. The molecule has 0 aliphatic carbocycles. The molecule has 2 aliphatic heterocycles. The topological polar surface area (TPSA) is 70.9 Å². The average Bonchev–Trinajstić information content (AvgIpc) is 3.04. The Morgan fingerprint density at radius 2 is 1.26 bits per heavy atom. The lowest BCUT2D eigenvalue weighted by Crippen LogP contribution is -2.50. The number of hydrogen-bond acceptors (Lipinski definition) is 6. The van der Waals surface area contributed by atoms with Crippen molar-refractivity contribution in [1.82, 2.24) is 0 Å². The van der Waals surface area contributed by atoms with Crippen LogP contribution in [0.3, 0.4) is 0 Å². The zero-order valence-corrected chi connectivity index (χ0v) is 16.3. The molecule has 31 heavy (non-hydrogen) atoms. The second kappa shape index (κ2) is 7.46. The van der Waals surface area contributed by atoms with Crippen LogP contribution in [0.15, 0.2) is 64.2 Å². The first-order chi connectivity index (χ1) is 14.5. The molecule has 0 saturated carbocycles. The number of rotatable bonds is 2. The van der Waals surface area contributed by atoms with Crippen LogP contribution in [0.2, 0.25) is 0 Å². The maximum atomic E-state index is 12.9. The van der Waals surface area contributed by atoms with E-state index in [1.54, 1.807) is 4.90 Å². The van der Waals surface area contributed by atoms with E-state index in [4.69, 9.17) is 11.5 Å². The van der Waals surface area contributed by atoms with Gasteiger partial charge < -0.3 is 21.3 Å². The molecular formula is C19H15F6N5S. The van der Waals surface area contributed by atoms with Crippen LogP contribution in [-0.4, -0.2) is 18.0 Å². The van der Waals surface area contributed by atoms with Gasteiger partial charge in [-0.3, -0.25) is 0 Å². The van der Waals surface area contributed by atoms with Gasteiger partial charge in [0.2, 0.25) is 0 Å². The highest BCUT2D eigenvalue weighted by atomic mass is 32.2. The quantitative estimate of drug-likeness (QED) is 0.647. The first-order valence-electron chi connectivity index (χ1n) is 8.85. The predicted octanol–water partition coefficient (Wildman–Crippen LogP) is 4.52. The Kier molecular flexibility index (Phi) is 5.18. The van der Waals surface area contributed by atoms with E-state index in [9.17, 15) is 26.3 Å². The summed E-state index contributed by atoms with van der Waals surface area (Å²) < 4.78 is 77.1. The van der Waals surface area contributed by atoms with Gasteiger partial charge >= 0.3 is 12.4 Å². The van der Waals surface area contributed by atoms with Crippen molar-refractivity contribution in [2.75, 3.05) is 9.80 Å².